The van der Waals surface area contributed by atoms with Crippen molar-refractivity contribution in [2.75, 3.05) is 0 Å². The lowest BCUT2D eigenvalue weighted by Gasteiger charge is -2.03. The fraction of sp³-hybridized carbons (Fsp3) is 0.385. The molecular weight excluding hydrogens is 306 g/mol. The molecule has 0 aromatic carbocycles. The maximum atomic E-state index is 5.34. The number of hydrogen-bond donors (Lipinski definition) is 1. The molecule has 0 aliphatic rings. The molecule has 3 heterocycles. The summed E-state index contributed by atoms with van der Waals surface area (Å²) in [6.45, 7) is 4.08. The predicted octanol–water partition coefficient (Wildman–Crippen LogP) is 3.47. The topological polar surface area (TPSA) is 80.5 Å². The van der Waals surface area contributed by atoms with Crippen molar-refractivity contribution >= 4 is 23.1 Å². The van der Waals surface area contributed by atoms with Crippen LogP contribution in [0.25, 0.3) is 10.7 Å². The molecule has 3 aromatic rings. The first-order valence-electron chi connectivity index (χ1n) is 6.65. The van der Waals surface area contributed by atoms with E-state index in [1.54, 1.807) is 23.1 Å². The zero-order valence-corrected chi connectivity index (χ0v) is 13.4. The highest BCUT2D eigenvalue weighted by Gasteiger charge is 2.17. The van der Waals surface area contributed by atoms with Gasteiger partial charge in [-0.2, -0.15) is 10.1 Å². The quantitative estimate of drug-likeness (QED) is 0.748. The van der Waals surface area contributed by atoms with Crippen LogP contribution in [0, 0.1) is 0 Å². The Balaban J connectivity index is 1.61. The van der Waals surface area contributed by atoms with E-state index < -0.39 is 0 Å². The van der Waals surface area contributed by atoms with Crippen LogP contribution >= 0.6 is 23.1 Å². The molecule has 0 aliphatic heterocycles. The molecule has 8 heteroatoms. The number of rotatable bonds is 6. The molecule has 1 atom stereocenters. The van der Waals surface area contributed by atoms with Gasteiger partial charge >= 0.3 is 0 Å². The van der Waals surface area contributed by atoms with Crippen LogP contribution in [-0.4, -0.2) is 25.3 Å². The molecule has 0 bridgehead atoms. The van der Waals surface area contributed by atoms with Crippen molar-refractivity contribution in [3.8, 4) is 10.7 Å². The van der Waals surface area contributed by atoms with Gasteiger partial charge in [0.15, 0.2) is 0 Å². The number of aryl methyl sites for hydroxylation is 1. The minimum atomic E-state index is 0.112. The molecule has 3 rings (SSSR count). The summed E-state index contributed by atoms with van der Waals surface area (Å²) in [4.78, 5) is 9.86. The lowest BCUT2D eigenvalue weighted by atomic mass is 10.4. The maximum Gasteiger partial charge on any atom is 0.239 e. The molecule has 3 aromatic heterocycles. The third kappa shape index (κ3) is 3.33. The van der Waals surface area contributed by atoms with Crippen molar-refractivity contribution in [3.63, 3.8) is 0 Å². The Labute approximate surface area is 130 Å². The number of aromatic amines is 1. The van der Waals surface area contributed by atoms with Crippen LogP contribution in [-0.2, 0) is 12.2 Å². The van der Waals surface area contributed by atoms with E-state index in [2.05, 4.69) is 25.3 Å². The summed E-state index contributed by atoms with van der Waals surface area (Å²) in [5.41, 5.74) is 0. The predicted molar refractivity (Wildman–Crippen MR) is 83.1 cm³/mol. The van der Waals surface area contributed by atoms with Crippen molar-refractivity contribution in [1.29, 1.82) is 0 Å². The van der Waals surface area contributed by atoms with Crippen molar-refractivity contribution < 1.29 is 4.52 Å². The average molecular weight is 321 g/mol. The van der Waals surface area contributed by atoms with Gasteiger partial charge in [-0.05, 0) is 18.4 Å². The summed E-state index contributed by atoms with van der Waals surface area (Å²) in [6.07, 6.45) is 0.838. The summed E-state index contributed by atoms with van der Waals surface area (Å²) in [5, 5.41) is 13.2. The summed E-state index contributed by atoms with van der Waals surface area (Å²) in [7, 11) is 0. The van der Waals surface area contributed by atoms with Crippen LogP contribution < -0.4 is 0 Å². The Kier molecular flexibility index (Phi) is 4.35. The van der Waals surface area contributed by atoms with Gasteiger partial charge in [0.25, 0.3) is 0 Å². The van der Waals surface area contributed by atoms with E-state index in [0.29, 0.717) is 11.7 Å². The number of nitrogens with zero attached hydrogens (tertiary/aromatic N) is 4. The maximum absolute atomic E-state index is 5.34. The van der Waals surface area contributed by atoms with Crippen molar-refractivity contribution in [3.05, 3.63) is 35.1 Å². The summed E-state index contributed by atoms with van der Waals surface area (Å²) in [5.74, 6) is 3.75. The molecule has 0 saturated heterocycles. The molecule has 6 nitrogen and oxygen atoms in total. The van der Waals surface area contributed by atoms with Crippen LogP contribution in [0.4, 0.5) is 0 Å². The molecule has 110 valence electrons. The fourth-order valence-corrected chi connectivity index (χ4v) is 3.16. The van der Waals surface area contributed by atoms with Gasteiger partial charge in [-0.15, -0.1) is 23.1 Å². The highest BCUT2D eigenvalue weighted by Crippen LogP contribution is 2.31. The highest BCUT2D eigenvalue weighted by molar-refractivity contribution is 7.98. The largest absolute Gasteiger partial charge is 0.338 e. The lowest BCUT2D eigenvalue weighted by Crippen LogP contribution is -1.92. The first-order valence-corrected chi connectivity index (χ1v) is 8.58. The molecule has 0 spiro atoms. The van der Waals surface area contributed by atoms with Crippen LogP contribution in [0.3, 0.4) is 0 Å². The highest BCUT2D eigenvalue weighted by atomic mass is 32.2. The molecule has 21 heavy (non-hydrogen) atoms. The van der Waals surface area contributed by atoms with Gasteiger partial charge in [-0.25, -0.2) is 4.98 Å². The molecular formula is C13H15N5OS2. The van der Waals surface area contributed by atoms with E-state index in [4.69, 9.17) is 4.52 Å². The van der Waals surface area contributed by atoms with Gasteiger partial charge in [0.1, 0.15) is 11.6 Å². The SMILES string of the molecule is CCc1n[nH]c(CS[C@@H](C)c2nc(-c3cccs3)no2)n1. The lowest BCUT2D eigenvalue weighted by molar-refractivity contribution is 0.381. The Hall–Kier alpha value is -1.67. The Morgan fingerprint density at radius 1 is 1.43 bits per heavy atom. The minimum Gasteiger partial charge on any atom is -0.338 e. The van der Waals surface area contributed by atoms with Gasteiger partial charge in [-0.3, -0.25) is 5.10 Å². The second kappa shape index (κ2) is 6.40. The Morgan fingerprint density at radius 3 is 3.05 bits per heavy atom. The summed E-state index contributed by atoms with van der Waals surface area (Å²) < 4.78 is 5.34. The number of hydrogen-bond acceptors (Lipinski definition) is 7. The first-order chi connectivity index (χ1) is 10.3. The number of H-pyrrole nitrogens is 1. The molecule has 0 aliphatic carbocycles. The molecule has 1 N–H and O–H groups in total. The first kappa shape index (κ1) is 14.3. The zero-order chi connectivity index (χ0) is 14.7. The van der Waals surface area contributed by atoms with Gasteiger partial charge in [0, 0.05) is 6.42 Å². The van der Waals surface area contributed by atoms with Crippen LogP contribution in [0.15, 0.2) is 22.0 Å². The second-order valence-corrected chi connectivity index (χ2v) is 6.72. The molecule has 0 saturated carbocycles. The van der Waals surface area contributed by atoms with Gasteiger partial charge in [-0.1, -0.05) is 18.1 Å². The van der Waals surface area contributed by atoms with E-state index in [0.717, 1.165) is 28.7 Å². The summed E-state index contributed by atoms with van der Waals surface area (Å²) >= 11 is 3.29. The number of thioether (sulfide) groups is 1. The number of aromatic nitrogens is 5. The average Bonchev–Trinajstić information content (AvgIpc) is 3.24. The Morgan fingerprint density at radius 2 is 2.33 bits per heavy atom. The second-order valence-electron chi connectivity index (χ2n) is 4.44. The van der Waals surface area contributed by atoms with Gasteiger partial charge < -0.3 is 4.52 Å². The fourth-order valence-electron chi connectivity index (χ4n) is 1.74. The van der Waals surface area contributed by atoms with E-state index >= 15 is 0 Å². The van der Waals surface area contributed by atoms with Crippen molar-refractivity contribution in [2.45, 2.75) is 31.3 Å². The number of nitrogens with one attached hydrogen (secondary N) is 1. The third-order valence-electron chi connectivity index (χ3n) is 2.90. The van der Waals surface area contributed by atoms with Crippen LogP contribution in [0.1, 0.15) is 36.6 Å². The van der Waals surface area contributed by atoms with Crippen LogP contribution in [0.5, 0.6) is 0 Å². The monoisotopic (exact) mass is 321 g/mol. The smallest absolute Gasteiger partial charge is 0.239 e. The minimum absolute atomic E-state index is 0.112. The summed E-state index contributed by atoms with van der Waals surface area (Å²) in [6, 6.07) is 3.96. The molecule has 0 radical (unpaired) electrons. The molecule has 0 unspecified atom stereocenters. The van der Waals surface area contributed by atoms with Crippen LogP contribution in [0.2, 0.25) is 0 Å². The normalized spacial score (nSPS) is 12.7. The number of thiophene rings is 1. The van der Waals surface area contributed by atoms with Gasteiger partial charge in [0.2, 0.25) is 11.7 Å². The standard InChI is InChI=1S/C13H15N5OS2/c1-3-10-14-11(17-16-10)7-21-8(2)13-15-12(18-19-13)9-5-4-6-20-9/h4-6,8H,3,7H2,1-2H3,(H,14,16,17)/t8-/m0/s1. The van der Waals surface area contributed by atoms with Crippen molar-refractivity contribution in [1.82, 2.24) is 25.3 Å². The van der Waals surface area contributed by atoms with E-state index in [9.17, 15) is 0 Å². The molecule has 0 fully saturated rings. The van der Waals surface area contributed by atoms with E-state index in [-0.39, 0.29) is 5.25 Å². The zero-order valence-electron chi connectivity index (χ0n) is 11.7. The third-order valence-corrected chi connectivity index (χ3v) is 4.90. The van der Waals surface area contributed by atoms with E-state index in [1.165, 1.54) is 0 Å². The van der Waals surface area contributed by atoms with Crippen molar-refractivity contribution in [2.24, 2.45) is 0 Å². The van der Waals surface area contributed by atoms with Gasteiger partial charge in [0.05, 0.1) is 15.9 Å². The molecule has 0 amide bonds. The Bertz CT molecular complexity index is 691. The van der Waals surface area contributed by atoms with E-state index in [1.807, 2.05) is 31.4 Å².